The van der Waals surface area contributed by atoms with Crippen molar-refractivity contribution in [3.05, 3.63) is 261 Å². The van der Waals surface area contributed by atoms with Gasteiger partial charge in [0.15, 0.2) is 17.5 Å². The van der Waals surface area contributed by atoms with Crippen molar-refractivity contribution in [2.45, 2.75) is 0 Å². The standard InChI is InChI=1S/C69H43N5O/c1-3-18-44(19-4-1)50-40-38-49(43-64(50)74-61-31-14-9-24-54(61)55-25-10-15-32-62(55)74)69-71-67(47-20-5-2-6-21-47)70-68(72-69)48-39-41-63(73-59-29-12-7-22-52(59)53-23-8-13-30-60(53)73)58(42-48)46-36-34-45(35-37-46)51-27-17-28-57-56-26-11-16-33-65(56)75-66(51)57/h1-43H. The van der Waals surface area contributed by atoms with Crippen molar-refractivity contribution in [3.63, 3.8) is 0 Å². The van der Waals surface area contributed by atoms with Crippen LogP contribution in [-0.2, 0) is 0 Å². The number of rotatable bonds is 8. The number of para-hydroxylation sites is 6. The average Bonchev–Trinajstić information content (AvgIpc) is 4.19. The molecule has 350 valence electrons. The summed E-state index contributed by atoms with van der Waals surface area (Å²) in [6.07, 6.45) is 0. The maximum Gasteiger partial charge on any atom is 0.164 e. The van der Waals surface area contributed by atoms with Gasteiger partial charge in [0.25, 0.3) is 0 Å². The van der Waals surface area contributed by atoms with Crippen LogP contribution in [0.5, 0.6) is 0 Å². The van der Waals surface area contributed by atoms with Gasteiger partial charge in [-0.25, -0.2) is 15.0 Å². The Morgan fingerprint density at radius 3 is 1.25 bits per heavy atom. The Labute approximate surface area is 431 Å². The minimum absolute atomic E-state index is 0.576. The maximum absolute atomic E-state index is 6.51. The Kier molecular flexibility index (Phi) is 9.78. The molecule has 15 aromatic rings. The van der Waals surface area contributed by atoms with Crippen LogP contribution in [0.25, 0.3) is 144 Å². The highest BCUT2D eigenvalue weighted by Crippen LogP contribution is 2.42. The van der Waals surface area contributed by atoms with Crippen LogP contribution in [0.15, 0.2) is 265 Å². The van der Waals surface area contributed by atoms with Gasteiger partial charge in [0.2, 0.25) is 0 Å². The Morgan fingerprint density at radius 2 is 0.667 bits per heavy atom. The number of nitrogens with zero attached hydrogens (tertiary/aromatic N) is 5. The zero-order valence-electron chi connectivity index (χ0n) is 40.5. The SMILES string of the molecule is c1ccc(-c2nc(-c3ccc(-n4c5ccccc5c5ccccc54)c(-c4ccc(-c5cccc6c5oc5ccccc56)cc4)c3)nc(-c3ccc(-c4ccccc4)c(-n4c5ccccc5c5ccccc54)c3)n2)cc1. The van der Waals surface area contributed by atoms with E-state index in [-0.39, 0.29) is 0 Å². The van der Waals surface area contributed by atoms with Gasteiger partial charge in [-0.1, -0.05) is 206 Å². The molecule has 75 heavy (non-hydrogen) atoms. The molecule has 0 N–H and O–H groups in total. The highest BCUT2D eigenvalue weighted by molar-refractivity contribution is 6.12. The summed E-state index contributed by atoms with van der Waals surface area (Å²) in [6, 6.07) is 92.3. The molecule has 0 unspecified atom stereocenters. The Hall–Kier alpha value is -10.2. The lowest BCUT2D eigenvalue weighted by Gasteiger charge is -2.17. The second-order valence-electron chi connectivity index (χ2n) is 19.1. The Bertz CT molecular complexity index is 4600. The second kappa shape index (κ2) is 17.3. The number of benzene rings is 11. The lowest BCUT2D eigenvalue weighted by molar-refractivity contribution is 0.670. The molecule has 6 heteroatoms. The molecule has 0 aliphatic rings. The minimum Gasteiger partial charge on any atom is -0.455 e. The molecule has 0 aliphatic heterocycles. The smallest absolute Gasteiger partial charge is 0.164 e. The summed E-state index contributed by atoms with van der Waals surface area (Å²) in [5.41, 5.74) is 17.5. The van der Waals surface area contributed by atoms with Gasteiger partial charge in [-0.2, -0.15) is 0 Å². The molecular weight excluding hydrogens is 915 g/mol. The van der Waals surface area contributed by atoms with Gasteiger partial charge in [0, 0.05) is 65.7 Å². The zero-order chi connectivity index (χ0) is 49.4. The topological polar surface area (TPSA) is 61.7 Å². The third-order valence-corrected chi connectivity index (χ3v) is 14.8. The number of hydrogen-bond donors (Lipinski definition) is 0. The molecule has 11 aromatic carbocycles. The molecule has 6 nitrogen and oxygen atoms in total. The van der Waals surface area contributed by atoms with E-state index in [9.17, 15) is 0 Å². The molecule has 0 spiro atoms. The lowest BCUT2D eigenvalue weighted by atomic mass is 9.96. The first kappa shape index (κ1) is 42.5. The first-order valence-corrected chi connectivity index (χ1v) is 25.3. The van der Waals surface area contributed by atoms with Crippen LogP contribution in [0.1, 0.15) is 0 Å². The van der Waals surface area contributed by atoms with Crippen LogP contribution in [0.2, 0.25) is 0 Å². The van der Waals surface area contributed by atoms with Gasteiger partial charge in [0.1, 0.15) is 11.2 Å². The molecule has 4 heterocycles. The third-order valence-electron chi connectivity index (χ3n) is 14.8. The molecule has 0 saturated carbocycles. The zero-order valence-corrected chi connectivity index (χ0v) is 40.5. The first-order chi connectivity index (χ1) is 37.2. The first-order valence-electron chi connectivity index (χ1n) is 25.3. The Balaban J connectivity index is 0.939. The van der Waals surface area contributed by atoms with Crippen molar-refractivity contribution in [1.29, 1.82) is 0 Å². The molecule has 0 saturated heterocycles. The van der Waals surface area contributed by atoms with Crippen molar-refractivity contribution >= 4 is 65.6 Å². The summed E-state index contributed by atoms with van der Waals surface area (Å²) in [4.78, 5) is 16.0. The molecular formula is C69H43N5O. The van der Waals surface area contributed by atoms with E-state index in [1.54, 1.807) is 0 Å². The molecule has 0 bridgehead atoms. The molecule has 4 aromatic heterocycles. The van der Waals surface area contributed by atoms with Gasteiger partial charge in [-0.3, -0.25) is 0 Å². The maximum atomic E-state index is 6.51. The van der Waals surface area contributed by atoms with E-state index in [1.165, 1.54) is 21.5 Å². The van der Waals surface area contributed by atoms with Crippen molar-refractivity contribution in [3.8, 4) is 78.9 Å². The van der Waals surface area contributed by atoms with E-state index >= 15 is 0 Å². The predicted octanol–water partition coefficient (Wildman–Crippen LogP) is 18.0. The van der Waals surface area contributed by atoms with E-state index in [0.717, 1.165) is 105 Å². The normalized spacial score (nSPS) is 11.7. The van der Waals surface area contributed by atoms with Crippen LogP contribution in [0, 0.1) is 0 Å². The molecule has 15 rings (SSSR count). The summed E-state index contributed by atoms with van der Waals surface area (Å²) < 4.78 is 11.3. The van der Waals surface area contributed by atoms with Crippen LogP contribution in [0.3, 0.4) is 0 Å². The highest BCUT2D eigenvalue weighted by Gasteiger charge is 2.22. The fourth-order valence-corrected chi connectivity index (χ4v) is 11.3. The minimum atomic E-state index is 0.576. The fraction of sp³-hybridized carbons (Fsp3) is 0. The quantitative estimate of drug-likeness (QED) is 0.152. The summed E-state index contributed by atoms with van der Waals surface area (Å²) >= 11 is 0. The number of furan rings is 1. The van der Waals surface area contributed by atoms with Crippen LogP contribution in [-0.4, -0.2) is 24.1 Å². The van der Waals surface area contributed by atoms with Crippen LogP contribution >= 0.6 is 0 Å². The summed E-state index contributed by atoms with van der Waals surface area (Å²) in [5, 5.41) is 7.02. The van der Waals surface area contributed by atoms with Gasteiger partial charge in [0.05, 0.1) is 33.4 Å². The summed E-state index contributed by atoms with van der Waals surface area (Å²) in [7, 11) is 0. The van der Waals surface area contributed by atoms with Crippen molar-refractivity contribution in [2.24, 2.45) is 0 Å². The van der Waals surface area contributed by atoms with Gasteiger partial charge in [-0.15, -0.1) is 0 Å². The van der Waals surface area contributed by atoms with E-state index < -0.39 is 0 Å². The van der Waals surface area contributed by atoms with Gasteiger partial charge >= 0.3 is 0 Å². The van der Waals surface area contributed by atoms with Crippen molar-refractivity contribution in [2.75, 3.05) is 0 Å². The monoisotopic (exact) mass is 957 g/mol. The highest BCUT2D eigenvalue weighted by atomic mass is 16.3. The van der Waals surface area contributed by atoms with E-state index in [2.05, 4.69) is 240 Å². The fourth-order valence-electron chi connectivity index (χ4n) is 11.3. The van der Waals surface area contributed by atoms with E-state index in [0.29, 0.717) is 17.5 Å². The van der Waals surface area contributed by atoms with Crippen molar-refractivity contribution < 1.29 is 4.42 Å². The predicted molar refractivity (Wildman–Crippen MR) is 308 cm³/mol. The molecule has 0 fully saturated rings. The number of hydrogen-bond acceptors (Lipinski definition) is 4. The van der Waals surface area contributed by atoms with Gasteiger partial charge in [-0.05, 0) is 71.3 Å². The lowest BCUT2D eigenvalue weighted by Crippen LogP contribution is -2.03. The van der Waals surface area contributed by atoms with Crippen LogP contribution < -0.4 is 0 Å². The second-order valence-corrected chi connectivity index (χ2v) is 19.1. The number of fused-ring (bicyclic) bond motifs is 9. The van der Waals surface area contributed by atoms with Crippen molar-refractivity contribution in [1.82, 2.24) is 24.1 Å². The molecule has 0 radical (unpaired) electrons. The average molecular weight is 958 g/mol. The third kappa shape index (κ3) is 6.99. The number of aromatic nitrogens is 5. The summed E-state index contributed by atoms with van der Waals surface area (Å²) in [5.74, 6) is 1.75. The molecule has 0 atom stereocenters. The largest absolute Gasteiger partial charge is 0.455 e. The molecule has 0 aliphatic carbocycles. The molecule has 0 amide bonds. The summed E-state index contributed by atoms with van der Waals surface area (Å²) in [6.45, 7) is 0. The van der Waals surface area contributed by atoms with Gasteiger partial charge < -0.3 is 13.6 Å². The Morgan fingerprint density at radius 1 is 0.253 bits per heavy atom. The van der Waals surface area contributed by atoms with Crippen LogP contribution in [0.4, 0.5) is 0 Å². The van der Waals surface area contributed by atoms with E-state index in [1.807, 2.05) is 30.3 Å². The van der Waals surface area contributed by atoms with E-state index in [4.69, 9.17) is 19.4 Å².